The average Bonchev–Trinajstić information content (AvgIpc) is 2.65. The third-order valence-electron chi connectivity index (χ3n) is 6.04. The van der Waals surface area contributed by atoms with Gasteiger partial charge >= 0.3 is 0 Å². The first-order valence-electron chi connectivity index (χ1n) is 7.90. The minimum Gasteiger partial charge on any atom is -0.384 e. The number of nitrogen functional groups attached to an aromatic ring is 1. The molecule has 0 saturated heterocycles. The van der Waals surface area contributed by atoms with Crippen molar-refractivity contribution in [2.45, 2.75) is 51.4 Å². The molecule has 4 aliphatic carbocycles. The van der Waals surface area contributed by atoms with E-state index < -0.39 is 0 Å². The lowest BCUT2D eigenvalue weighted by atomic mass is 9.48. The van der Waals surface area contributed by atoms with Crippen molar-refractivity contribution in [1.29, 1.82) is 0 Å². The SMILES string of the molecule is Cn1nc(CCC23CC4CC(CC(C4)C2)C3)cc1N. The summed E-state index contributed by atoms with van der Waals surface area (Å²) in [5, 5.41) is 4.52. The van der Waals surface area contributed by atoms with Gasteiger partial charge in [0.05, 0.1) is 5.69 Å². The number of nitrogens with zero attached hydrogens (tertiary/aromatic N) is 2. The normalized spacial score (nSPS) is 39.9. The molecule has 0 aromatic carbocycles. The summed E-state index contributed by atoms with van der Waals surface area (Å²) in [4.78, 5) is 0. The van der Waals surface area contributed by atoms with Crippen molar-refractivity contribution in [3.8, 4) is 0 Å². The van der Waals surface area contributed by atoms with Gasteiger partial charge in [-0.3, -0.25) is 4.68 Å². The Morgan fingerprint density at radius 2 is 1.79 bits per heavy atom. The maximum absolute atomic E-state index is 5.88. The lowest BCUT2D eigenvalue weighted by Gasteiger charge is -2.57. The van der Waals surface area contributed by atoms with Gasteiger partial charge in [-0.15, -0.1) is 0 Å². The molecule has 0 amide bonds. The van der Waals surface area contributed by atoms with Gasteiger partial charge in [-0.25, -0.2) is 0 Å². The van der Waals surface area contributed by atoms with Gasteiger partial charge in [0.25, 0.3) is 0 Å². The molecule has 4 bridgehead atoms. The van der Waals surface area contributed by atoms with Gasteiger partial charge in [-0.2, -0.15) is 5.10 Å². The van der Waals surface area contributed by atoms with Crippen LogP contribution in [0.1, 0.15) is 50.6 Å². The average molecular weight is 259 g/mol. The molecule has 0 unspecified atom stereocenters. The van der Waals surface area contributed by atoms with E-state index in [9.17, 15) is 0 Å². The number of rotatable bonds is 3. The lowest BCUT2D eigenvalue weighted by molar-refractivity contribution is -0.0570. The largest absolute Gasteiger partial charge is 0.384 e. The van der Waals surface area contributed by atoms with E-state index in [0.29, 0.717) is 5.41 Å². The van der Waals surface area contributed by atoms with Crippen LogP contribution < -0.4 is 5.73 Å². The first kappa shape index (κ1) is 11.8. The molecule has 5 rings (SSSR count). The van der Waals surface area contributed by atoms with Crippen molar-refractivity contribution < 1.29 is 0 Å². The Morgan fingerprint density at radius 3 is 2.26 bits per heavy atom. The highest BCUT2D eigenvalue weighted by Gasteiger charge is 2.50. The summed E-state index contributed by atoms with van der Waals surface area (Å²) in [5.41, 5.74) is 7.74. The van der Waals surface area contributed by atoms with Crippen LogP contribution in [0.15, 0.2) is 6.07 Å². The maximum atomic E-state index is 5.88. The van der Waals surface area contributed by atoms with Gasteiger partial charge in [0.1, 0.15) is 5.82 Å². The summed E-state index contributed by atoms with van der Waals surface area (Å²) >= 11 is 0. The van der Waals surface area contributed by atoms with Gasteiger partial charge in [-0.1, -0.05) is 0 Å². The Labute approximate surface area is 115 Å². The molecule has 1 heterocycles. The fourth-order valence-corrected chi connectivity index (χ4v) is 5.65. The molecule has 4 fully saturated rings. The lowest BCUT2D eigenvalue weighted by Crippen LogP contribution is -2.46. The Kier molecular flexibility index (Phi) is 2.49. The minimum atomic E-state index is 0.668. The number of nitrogens with two attached hydrogens (primary N) is 1. The third kappa shape index (κ3) is 1.98. The van der Waals surface area contributed by atoms with E-state index in [1.54, 1.807) is 4.68 Å². The number of aryl methyl sites for hydroxylation is 2. The van der Waals surface area contributed by atoms with E-state index in [1.165, 1.54) is 50.6 Å². The molecule has 19 heavy (non-hydrogen) atoms. The van der Waals surface area contributed by atoms with E-state index in [2.05, 4.69) is 11.2 Å². The molecule has 1 aromatic heterocycles. The van der Waals surface area contributed by atoms with Crippen LogP contribution in [0.3, 0.4) is 0 Å². The fraction of sp³-hybridized carbons (Fsp3) is 0.812. The highest BCUT2D eigenvalue weighted by atomic mass is 15.3. The Morgan fingerprint density at radius 1 is 1.21 bits per heavy atom. The minimum absolute atomic E-state index is 0.668. The van der Waals surface area contributed by atoms with Crippen molar-refractivity contribution in [3.05, 3.63) is 11.8 Å². The van der Waals surface area contributed by atoms with Gasteiger partial charge < -0.3 is 5.73 Å². The molecule has 4 aliphatic rings. The van der Waals surface area contributed by atoms with Crippen LogP contribution in [0.5, 0.6) is 0 Å². The monoisotopic (exact) mass is 259 g/mol. The predicted octanol–water partition coefficient (Wildman–Crippen LogP) is 3.15. The standard InChI is InChI=1S/C16H25N3/c1-19-15(17)7-14(18-19)2-3-16-8-11-4-12(9-16)6-13(5-11)10-16/h7,11-13H,2-6,8-10,17H2,1H3. The molecular formula is C16H25N3. The molecule has 0 spiro atoms. The van der Waals surface area contributed by atoms with Crippen LogP contribution in [0.2, 0.25) is 0 Å². The van der Waals surface area contributed by atoms with E-state index in [4.69, 9.17) is 5.73 Å². The van der Waals surface area contributed by atoms with Crippen LogP contribution in [0.25, 0.3) is 0 Å². The maximum Gasteiger partial charge on any atom is 0.121 e. The summed E-state index contributed by atoms with van der Waals surface area (Å²) in [6.45, 7) is 0. The van der Waals surface area contributed by atoms with Crippen molar-refractivity contribution in [2.75, 3.05) is 5.73 Å². The number of aromatic nitrogens is 2. The topological polar surface area (TPSA) is 43.8 Å². The second kappa shape index (κ2) is 4.00. The highest BCUT2D eigenvalue weighted by Crippen LogP contribution is 2.61. The van der Waals surface area contributed by atoms with Crippen molar-refractivity contribution in [2.24, 2.45) is 30.2 Å². The first-order chi connectivity index (χ1) is 9.12. The van der Waals surface area contributed by atoms with Crippen LogP contribution in [-0.2, 0) is 13.5 Å². The van der Waals surface area contributed by atoms with Gasteiger partial charge in [0, 0.05) is 13.1 Å². The van der Waals surface area contributed by atoms with Crippen LogP contribution in [-0.4, -0.2) is 9.78 Å². The fourth-order valence-electron chi connectivity index (χ4n) is 5.65. The quantitative estimate of drug-likeness (QED) is 0.906. The van der Waals surface area contributed by atoms with Crippen molar-refractivity contribution in [1.82, 2.24) is 9.78 Å². The highest BCUT2D eigenvalue weighted by molar-refractivity contribution is 5.30. The van der Waals surface area contributed by atoms with Crippen molar-refractivity contribution >= 4 is 5.82 Å². The Balaban J connectivity index is 1.47. The van der Waals surface area contributed by atoms with Crippen LogP contribution in [0.4, 0.5) is 5.82 Å². The zero-order valence-corrected chi connectivity index (χ0v) is 11.9. The number of hydrogen-bond acceptors (Lipinski definition) is 2. The Bertz CT molecular complexity index is 433. The molecule has 1 aromatic rings. The molecule has 0 aliphatic heterocycles. The van der Waals surface area contributed by atoms with E-state index in [1.807, 2.05) is 7.05 Å². The van der Waals surface area contributed by atoms with E-state index in [0.717, 1.165) is 30.0 Å². The predicted molar refractivity (Wildman–Crippen MR) is 76.5 cm³/mol. The summed E-state index contributed by atoms with van der Waals surface area (Å²) in [6, 6.07) is 2.06. The molecule has 2 N–H and O–H groups in total. The second-order valence-corrected chi connectivity index (χ2v) is 7.60. The second-order valence-electron chi connectivity index (χ2n) is 7.60. The van der Waals surface area contributed by atoms with Crippen LogP contribution in [0, 0.1) is 23.2 Å². The number of hydrogen-bond donors (Lipinski definition) is 1. The smallest absolute Gasteiger partial charge is 0.121 e. The van der Waals surface area contributed by atoms with Gasteiger partial charge in [0.2, 0.25) is 0 Å². The van der Waals surface area contributed by atoms with Gasteiger partial charge in [0.15, 0.2) is 0 Å². The molecule has 4 saturated carbocycles. The number of anilines is 1. The van der Waals surface area contributed by atoms with Gasteiger partial charge in [-0.05, 0) is 74.5 Å². The zero-order chi connectivity index (χ0) is 13.0. The summed E-state index contributed by atoms with van der Waals surface area (Å²) in [6.07, 6.45) is 11.6. The molecular weight excluding hydrogens is 234 g/mol. The molecule has 3 nitrogen and oxygen atoms in total. The zero-order valence-electron chi connectivity index (χ0n) is 11.9. The van der Waals surface area contributed by atoms with E-state index in [-0.39, 0.29) is 0 Å². The Hall–Kier alpha value is -0.990. The molecule has 0 radical (unpaired) electrons. The molecule has 3 heteroatoms. The van der Waals surface area contributed by atoms with Crippen molar-refractivity contribution in [3.63, 3.8) is 0 Å². The first-order valence-corrected chi connectivity index (χ1v) is 7.90. The van der Waals surface area contributed by atoms with Crippen LogP contribution >= 0.6 is 0 Å². The third-order valence-corrected chi connectivity index (χ3v) is 6.04. The molecule has 104 valence electrons. The summed E-state index contributed by atoms with van der Waals surface area (Å²) in [7, 11) is 1.93. The summed E-state index contributed by atoms with van der Waals surface area (Å²) in [5.74, 6) is 3.96. The molecule has 0 atom stereocenters. The van der Waals surface area contributed by atoms with E-state index >= 15 is 0 Å². The summed E-state index contributed by atoms with van der Waals surface area (Å²) < 4.78 is 1.80.